The van der Waals surface area contributed by atoms with Crippen molar-refractivity contribution in [2.45, 2.75) is 35.7 Å². The fourth-order valence-corrected chi connectivity index (χ4v) is 8.34. The van der Waals surface area contributed by atoms with Crippen molar-refractivity contribution in [2.75, 3.05) is 17.1 Å². The lowest BCUT2D eigenvalue weighted by atomic mass is 9.87. The van der Waals surface area contributed by atoms with Gasteiger partial charge in [-0.15, -0.1) is 0 Å². The molecule has 0 unspecified atom stereocenters. The second-order valence-electron chi connectivity index (χ2n) is 9.51. The number of benzene rings is 4. The van der Waals surface area contributed by atoms with Gasteiger partial charge >= 0.3 is 0 Å². The van der Waals surface area contributed by atoms with Gasteiger partial charge in [-0.3, -0.25) is 0 Å². The Bertz CT molecular complexity index is 1550. The zero-order valence-electron chi connectivity index (χ0n) is 21.6. The third-order valence-corrected chi connectivity index (χ3v) is 10.9. The standard InChI is InChI=1S/C30H29NO6S2/c1-22-8-16-27(17-9-22)38(32,33)31(39(34,35)28-18-10-23(2)11-19-28)26-14-12-25(13-15-26)30(29-20-36-21-37-29)24-6-4-3-5-7-24/h3-19,29-30H,20-21H2,1-2H3/t29-,30+/m0/s1. The van der Waals surface area contributed by atoms with Crippen LogP contribution in [0.3, 0.4) is 0 Å². The van der Waals surface area contributed by atoms with E-state index in [1.807, 2.05) is 44.2 Å². The zero-order valence-corrected chi connectivity index (χ0v) is 23.2. The fourth-order valence-electron chi connectivity index (χ4n) is 4.64. The van der Waals surface area contributed by atoms with Gasteiger partial charge in [-0.25, -0.2) is 16.8 Å². The Morgan fingerprint density at radius 2 is 1.15 bits per heavy atom. The molecule has 4 aromatic carbocycles. The van der Waals surface area contributed by atoms with Gasteiger partial charge in [-0.2, -0.15) is 3.71 Å². The first-order valence-electron chi connectivity index (χ1n) is 12.5. The molecule has 0 aromatic heterocycles. The molecule has 0 spiro atoms. The number of nitrogens with zero attached hydrogens (tertiary/aromatic N) is 1. The predicted molar refractivity (Wildman–Crippen MR) is 150 cm³/mol. The van der Waals surface area contributed by atoms with Crippen LogP contribution in [-0.2, 0) is 29.5 Å². The van der Waals surface area contributed by atoms with Crippen molar-refractivity contribution in [3.63, 3.8) is 0 Å². The van der Waals surface area contributed by atoms with E-state index in [9.17, 15) is 16.8 Å². The van der Waals surface area contributed by atoms with Crippen LogP contribution in [0, 0.1) is 13.8 Å². The molecule has 0 radical (unpaired) electrons. The number of rotatable bonds is 8. The summed E-state index contributed by atoms with van der Waals surface area (Å²) in [4.78, 5) is -0.238. The highest BCUT2D eigenvalue weighted by Gasteiger charge is 2.37. The number of anilines is 1. The summed E-state index contributed by atoms with van der Waals surface area (Å²) in [7, 11) is -8.97. The summed E-state index contributed by atoms with van der Waals surface area (Å²) in [6, 6.07) is 28.6. The Morgan fingerprint density at radius 3 is 1.62 bits per heavy atom. The van der Waals surface area contributed by atoms with E-state index >= 15 is 0 Å². The maximum absolute atomic E-state index is 13.9. The maximum atomic E-state index is 13.9. The van der Waals surface area contributed by atoms with Crippen molar-refractivity contribution in [2.24, 2.45) is 0 Å². The van der Waals surface area contributed by atoms with Crippen molar-refractivity contribution in [3.8, 4) is 0 Å². The van der Waals surface area contributed by atoms with Gasteiger partial charge in [0.25, 0.3) is 20.0 Å². The van der Waals surface area contributed by atoms with Crippen LogP contribution >= 0.6 is 0 Å². The first-order chi connectivity index (χ1) is 18.7. The number of sulfonamides is 2. The van der Waals surface area contributed by atoms with Crippen LogP contribution in [0.15, 0.2) is 113 Å². The second kappa shape index (κ2) is 10.9. The SMILES string of the molecule is Cc1ccc(S(=O)(=O)N(c2ccc([C@@H](c3ccccc3)[C@@H]3COCO3)cc2)S(=O)(=O)c2ccc(C)cc2)cc1. The quantitative estimate of drug-likeness (QED) is 0.286. The predicted octanol–water partition coefficient (Wildman–Crippen LogP) is 5.39. The molecule has 1 heterocycles. The van der Waals surface area contributed by atoms with E-state index in [1.54, 1.807) is 36.4 Å². The molecule has 1 saturated heterocycles. The van der Waals surface area contributed by atoms with Gasteiger partial charge in [-0.05, 0) is 61.4 Å². The van der Waals surface area contributed by atoms with Crippen LogP contribution in [0.5, 0.6) is 0 Å². The average molecular weight is 564 g/mol. The van der Waals surface area contributed by atoms with Crippen molar-refractivity contribution >= 4 is 25.7 Å². The Hall–Kier alpha value is -3.50. The van der Waals surface area contributed by atoms with Crippen LogP contribution in [0.2, 0.25) is 0 Å². The Morgan fingerprint density at radius 1 is 0.667 bits per heavy atom. The first kappa shape index (κ1) is 27.1. The number of hydrogen-bond donors (Lipinski definition) is 0. The smallest absolute Gasteiger partial charge is 0.277 e. The minimum absolute atomic E-state index is 0.00954. The summed E-state index contributed by atoms with van der Waals surface area (Å²) in [6.07, 6.45) is -0.234. The average Bonchev–Trinajstić information content (AvgIpc) is 3.45. The monoisotopic (exact) mass is 563 g/mol. The van der Waals surface area contributed by atoms with Crippen molar-refractivity contribution < 1.29 is 26.3 Å². The summed E-state index contributed by atoms with van der Waals surface area (Å²) >= 11 is 0. The summed E-state index contributed by atoms with van der Waals surface area (Å²) in [6.45, 7) is 4.27. The lowest BCUT2D eigenvalue weighted by Gasteiger charge is -2.26. The molecule has 0 bridgehead atoms. The van der Waals surface area contributed by atoms with E-state index in [2.05, 4.69) is 0 Å². The van der Waals surface area contributed by atoms with Gasteiger partial charge in [0.05, 0.1) is 28.2 Å². The topological polar surface area (TPSA) is 90.0 Å². The first-order valence-corrected chi connectivity index (χ1v) is 15.3. The molecule has 2 atom stereocenters. The van der Waals surface area contributed by atoms with Gasteiger partial charge in [0, 0.05) is 5.92 Å². The minimum Gasteiger partial charge on any atom is -0.353 e. The van der Waals surface area contributed by atoms with E-state index in [0.717, 1.165) is 22.3 Å². The Balaban J connectivity index is 1.62. The molecule has 0 saturated carbocycles. The van der Waals surface area contributed by atoms with Crippen LogP contribution in [0.4, 0.5) is 5.69 Å². The van der Waals surface area contributed by atoms with Crippen molar-refractivity contribution in [1.82, 2.24) is 0 Å². The molecule has 0 aliphatic carbocycles. The van der Waals surface area contributed by atoms with Gasteiger partial charge in [-0.1, -0.05) is 77.9 Å². The largest absolute Gasteiger partial charge is 0.353 e. The Kier molecular flexibility index (Phi) is 7.59. The summed E-state index contributed by atoms with van der Waals surface area (Å²) in [5.41, 5.74) is 3.58. The molecule has 7 nitrogen and oxygen atoms in total. The normalized spacial score (nSPS) is 16.6. The van der Waals surface area contributed by atoms with Gasteiger partial charge in [0.15, 0.2) is 0 Å². The van der Waals surface area contributed by atoms with Gasteiger partial charge in [0.1, 0.15) is 6.79 Å². The fraction of sp³-hybridized carbons (Fsp3) is 0.200. The van der Waals surface area contributed by atoms with Crippen LogP contribution < -0.4 is 3.71 Å². The molecule has 5 rings (SSSR count). The minimum atomic E-state index is -4.49. The van der Waals surface area contributed by atoms with E-state index in [0.29, 0.717) is 10.3 Å². The molecular weight excluding hydrogens is 534 g/mol. The molecule has 202 valence electrons. The number of hydrogen-bond acceptors (Lipinski definition) is 6. The molecule has 0 N–H and O–H groups in total. The molecule has 1 aliphatic heterocycles. The van der Waals surface area contributed by atoms with Crippen molar-refractivity contribution in [1.29, 1.82) is 0 Å². The summed E-state index contributed by atoms with van der Waals surface area (Å²) < 4.78 is 67.4. The van der Waals surface area contributed by atoms with E-state index in [4.69, 9.17) is 9.47 Å². The third kappa shape index (κ3) is 5.49. The third-order valence-electron chi connectivity index (χ3n) is 6.72. The summed E-state index contributed by atoms with van der Waals surface area (Å²) in [5.74, 6) is -0.182. The van der Waals surface area contributed by atoms with Crippen LogP contribution in [0.25, 0.3) is 0 Å². The van der Waals surface area contributed by atoms with Gasteiger partial charge in [0.2, 0.25) is 0 Å². The van der Waals surface area contributed by atoms with E-state index in [-0.39, 0.29) is 34.3 Å². The van der Waals surface area contributed by atoms with Crippen LogP contribution in [0.1, 0.15) is 28.2 Å². The summed E-state index contributed by atoms with van der Waals surface area (Å²) in [5, 5.41) is 0. The molecule has 9 heteroatoms. The highest BCUT2D eigenvalue weighted by atomic mass is 32.3. The van der Waals surface area contributed by atoms with Gasteiger partial charge < -0.3 is 9.47 Å². The molecule has 1 fully saturated rings. The van der Waals surface area contributed by atoms with E-state index < -0.39 is 20.0 Å². The number of ether oxygens (including phenoxy) is 2. The lowest BCUT2D eigenvalue weighted by molar-refractivity contribution is 0.0426. The molecule has 39 heavy (non-hydrogen) atoms. The molecular formula is C30H29NO6S2. The lowest BCUT2D eigenvalue weighted by Crippen LogP contribution is -2.37. The highest BCUT2D eigenvalue weighted by Crippen LogP contribution is 2.36. The highest BCUT2D eigenvalue weighted by molar-refractivity contribution is 8.10. The van der Waals surface area contributed by atoms with Crippen molar-refractivity contribution in [3.05, 3.63) is 125 Å². The molecule has 4 aromatic rings. The Labute approximate surface area is 229 Å². The van der Waals surface area contributed by atoms with E-state index in [1.165, 1.54) is 36.4 Å². The van der Waals surface area contributed by atoms with Crippen LogP contribution in [-0.4, -0.2) is 36.3 Å². The maximum Gasteiger partial charge on any atom is 0.277 e. The zero-order chi connectivity index (χ0) is 27.6. The molecule has 0 amide bonds. The molecule has 1 aliphatic rings. The number of aryl methyl sites for hydroxylation is 2. The second-order valence-corrected chi connectivity index (χ2v) is 13.3.